The van der Waals surface area contributed by atoms with Crippen LogP contribution in [-0.4, -0.2) is 58.0 Å². The van der Waals surface area contributed by atoms with Gasteiger partial charge in [0.05, 0.1) is 32.0 Å². The van der Waals surface area contributed by atoms with E-state index >= 15 is 0 Å². The summed E-state index contributed by atoms with van der Waals surface area (Å²) >= 11 is 0. The average Bonchev–Trinajstić information content (AvgIpc) is 3.17. The number of aromatic nitrogens is 3. The summed E-state index contributed by atoms with van der Waals surface area (Å²) in [5, 5.41) is 7.69. The summed E-state index contributed by atoms with van der Waals surface area (Å²) in [7, 11) is 1.92. The topological polar surface area (TPSA) is 76.8 Å². The first kappa shape index (κ1) is 26.4. The Balaban J connectivity index is 0.00000363. The summed E-state index contributed by atoms with van der Waals surface area (Å²) in [5.74, 6) is 2.15. The summed E-state index contributed by atoms with van der Waals surface area (Å²) in [6, 6.07) is 3.98. The summed E-state index contributed by atoms with van der Waals surface area (Å²) < 4.78 is 13.8. The molecule has 0 saturated carbocycles. The van der Waals surface area contributed by atoms with E-state index in [1.165, 1.54) is 0 Å². The Morgan fingerprint density at radius 1 is 1.38 bits per heavy atom. The molecule has 3 rings (SSSR count). The van der Waals surface area contributed by atoms with Crippen LogP contribution in [0.25, 0.3) is 0 Å². The maximum atomic E-state index is 5.99. The van der Waals surface area contributed by atoms with Crippen molar-refractivity contribution in [3.8, 4) is 5.88 Å². The molecular formula is C23H37IN6O2. The second kappa shape index (κ2) is 13.0. The number of nitrogens with zero attached hydrogens (tertiary/aromatic N) is 5. The molecule has 0 aromatic carbocycles. The molecule has 1 aliphatic heterocycles. The fourth-order valence-electron chi connectivity index (χ4n) is 3.77. The van der Waals surface area contributed by atoms with Crippen LogP contribution >= 0.6 is 24.0 Å². The van der Waals surface area contributed by atoms with Gasteiger partial charge < -0.3 is 19.7 Å². The largest absolute Gasteiger partial charge is 0.475 e. The number of guanidine groups is 1. The van der Waals surface area contributed by atoms with Crippen LogP contribution in [-0.2, 0) is 18.3 Å². The van der Waals surface area contributed by atoms with Crippen molar-refractivity contribution in [1.82, 2.24) is 25.0 Å². The van der Waals surface area contributed by atoms with E-state index in [0.29, 0.717) is 24.9 Å². The molecule has 0 spiro atoms. The van der Waals surface area contributed by atoms with Gasteiger partial charge in [0.2, 0.25) is 5.88 Å². The molecule has 1 aliphatic rings. The van der Waals surface area contributed by atoms with E-state index in [1.807, 2.05) is 36.3 Å². The van der Waals surface area contributed by atoms with E-state index in [2.05, 4.69) is 48.0 Å². The number of aryl methyl sites for hydroxylation is 1. The Hall–Kier alpha value is -1.88. The van der Waals surface area contributed by atoms with Crippen molar-refractivity contribution >= 4 is 29.9 Å². The molecule has 178 valence electrons. The van der Waals surface area contributed by atoms with E-state index in [0.717, 1.165) is 43.1 Å². The van der Waals surface area contributed by atoms with Gasteiger partial charge in [-0.1, -0.05) is 13.8 Å². The van der Waals surface area contributed by atoms with Crippen LogP contribution in [0.3, 0.4) is 0 Å². The van der Waals surface area contributed by atoms with Gasteiger partial charge in [-0.05, 0) is 37.8 Å². The van der Waals surface area contributed by atoms with Crippen molar-refractivity contribution in [2.45, 2.75) is 52.9 Å². The molecule has 3 heterocycles. The second-order valence-corrected chi connectivity index (χ2v) is 8.48. The number of pyridine rings is 1. The summed E-state index contributed by atoms with van der Waals surface area (Å²) in [5.41, 5.74) is 2.17. The molecule has 0 radical (unpaired) electrons. The Morgan fingerprint density at radius 2 is 2.19 bits per heavy atom. The number of morpholine rings is 1. The number of ether oxygens (including phenoxy) is 2. The monoisotopic (exact) mass is 556 g/mol. The van der Waals surface area contributed by atoms with Crippen molar-refractivity contribution in [3.05, 3.63) is 41.9 Å². The number of hydrogen-bond donors (Lipinski definition) is 1. The van der Waals surface area contributed by atoms with E-state index in [4.69, 9.17) is 14.5 Å². The molecule has 2 aromatic heterocycles. The Morgan fingerprint density at radius 3 is 2.88 bits per heavy atom. The second-order valence-electron chi connectivity index (χ2n) is 8.48. The minimum absolute atomic E-state index is 0. The molecular weight excluding hydrogens is 519 g/mol. The highest BCUT2D eigenvalue weighted by Gasteiger charge is 2.25. The third-order valence-corrected chi connectivity index (χ3v) is 5.13. The highest BCUT2D eigenvalue weighted by molar-refractivity contribution is 14.0. The highest BCUT2D eigenvalue weighted by atomic mass is 127. The fourth-order valence-corrected chi connectivity index (χ4v) is 3.77. The SMILES string of the molecule is CCNC(=NCc1ccnc(OC(C)CC(C)C)c1)N1CCOC(c2cnn(C)c2)C1.I. The quantitative estimate of drug-likeness (QED) is 0.303. The normalized spacial score (nSPS) is 17.8. The Bertz CT molecular complexity index is 857. The van der Waals surface area contributed by atoms with Gasteiger partial charge in [-0.25, -0.2) is 9.98 Å². The number of hydrogen-bond acceptors (Lipinski definition) is 5. The van der Waals surface area contributed by atoms with Crippen molar-refractivity contribution in [3.63, 3.8) is 0 Å². The van der Waals surface area contributed by atoms with Crippen molar-refractivity contribution in [1.29, 1.82) is 0 Å². The first-order chi connectivity index (χ1) is 14.9. The van der Waals surface area contributed by atoms with Gasteiger partial charge in [0, 0.05) is 44.2 Å². The number of rotatable bonds is 8. The van der Waals surface area contributed by atoms with E-state index in [-0.39, 0.29) is 36.2 Å². The van der Waals surface area contributed by atoms with Crippen molar-refractivity contribution in [2.24, 2.45) is 18.0 Å². The summed E-state index contributed by atoms with van der Waals surface area (Å²) in [4.78, 5) is 11.5. The van der Waals surface area contributed by atoms with E-state index in [9.17, 15) is 0 Å². The van der Waals surface area contributed by atoms with Crippen LogP contribution in [0.2, 0.25) is 0 Å². The fraction of sp³-hybridized carbons (Fsp3) is 0.609. The number of nitrogens with one attached hydrogen (secondary N) is 1. The Labute approximate surface area is 208 Å². The molecule has 9 heteroatoms. The lowest BCUT2D eigenvalue weighted by molar-refractivity contribution is -0.00805. The maximum absolute atomic E-state index is 5.99. The average molecular weight is 556 g/mol. The zero-order valence-electron chi connectivity index (χ0n) is 19.8. The minimum Gasteiger partial charge on any atom is -0.475 e. The van der Waals surface area contributed by atoms with Crippen LogP contribution in [0, 0.1) is 5.92 Å². The van der Waals surface area contributed by atoms with Gasteiger partial charge in [0.1, 0.15) is 6.10 Å². The van der Waals surface area contributed by atoms with Crippen molar-refractivity contribution < 1.29 is 9.47 Å². The predicted molar refractivity (Wildman–Crippen MR) is 137 cm³/mol. The smallest absolute Gasteiger partial charge is 0.213 e. The van der Waals surface area contributed by atoms with Gasteiger partial charge in [-0.15, -0.1) is 24.0 Å². The van der Waals surface area contributed by atoms with Crippen molar-refractivity contribution in [2.75, 3.05) is 26.2 Å². The van der Waals surface area contributed by atoms with Crippen LogP contribution in [0.4, 0.5) is 0 Å². The molecule has 2 unspecified atom stereocenters. The highest BCUT2D eigenvalue weighted by Crippen LogP contribution is 2.22. The zero-order valence-corrected chi connectivity index (χ0v) is 22.2. The first-order valence-corrected chi connectivity index (χ1v) is 11.2. The molecule has 0 amide bonds. The first-order valence-electron chi connectivity index (χ1n) is 11.2. The van der Waals surface area contributed by atoms with Crippen LogP contribution in [0.1, 0.15) is 51.3 Å². The molecule has 1 N–H and O–H groups in total. The predicted octanol–water partition coefficient (Wildman–Crippen LogP) is 3.79. The van der Waals surface area contributed by atoms with Gasteiger partial charge in [-0.2, -0.15) is 5.10 Å². The lowest BCUT2D eigenvalue weighted by Crippen LogP contribution is -2.48. The van der Waals surface area contributed by atoms with Gasteiger partial charge in [0.15, 0.2) is 5.96 Å². The molecule has 1 fully saturated rings. The zero-order chi connectivity index (χ0) is 22.2. The van der Waals surface area contributed by atoms with Gasteiger partial charge in [-0.3, -0.25) is 4.68 Å². The Kier molecular flexibility index (Phi) is 10.7. The summed E-state index contributed by atoms with van der Waals surface area (Å²) in [6.07, 6.45) is 6.82. The lowest BCUT2D eigenvalue weighted by Gasteiger charge is -2.34. The maximum Gasteiger partial charge on any atom is 0.213 e. The summed E-state index contributed by atoms with van der Waals surface area (Å²) in [6.45, 7) is 12.2. The van der Waals surface area contributed by atoms with Crippen LogP contribution in [0.15, 0.2) is 35.7 Å². The molecule has 0 bridgehead atoms. The number of aliphatic imine (C=N–C) groups is 1. The van der Waals surface area contributed by atoms with Gasteiger partial charge >= 0.3 is 0 Å². The molecule has 2 atom stereocenters. The van der Waals surface area contributed by atoms with E-state index < -0.39 is 0 Å². The van der Waals surface area contributed by atoms with E-state index in [1.54, 1.807) is 6.20 Å². The van der Waals surface area contributed by atoms with Crippen LogP contribution in [0.5, 0.6) is 5.88 Å². The molecule has 1 saturated heterocycles. The third-order valence-electron chi connectivity index (χ3n) is 5.13. The molecule has 8 nitrogen and oxygen atoms in total. The minimum atomic E-state index is -0.00493. The van der Waals surface area contributed by atoms with Gasteiger partial charge in [0.25, 0.3) is 0 Å². The standard InChI is InChI=1S/C23H36N6O2.HI/c1-6-24-23(29-9-10-30-21(16-29)20-14-27-28(5)15-20)26-13-19-7-8-25-22(12-19)31-18(4)11-17(2)3;/h7-8,12,14-15,17-18,21H,6,9-11,13,16H2,1-5H3,(H,24,26);1H. The number of halogens is 1. The third kappa shape index (κ3) is 7.91. The molecule has 2 aromatic rings. The molecule has 0 aliphatic carbocycles. The lowest BCUT2D eigenvalue weighted by atomic mass is 10.1. The van der Waals surface area contributed by atoms with Crippen LogP contribution < -0.4 is 10.1 Å². The molecule has 32 heavy (non-hydrogen) atoms.